The van der Waals surface area contributed by atoms with Crippen LogP contribution in [0.15, 0.2) is 18.2 Å². The third-order valence-electron chi connectivity index (χ3n) is 1.62. The predicted molar refractivity (Wildman–Crippen MR) is 55.0 cm³/mol. The van der Waals surface area contributed by atoms with Gasteiger partial charge in [0.15, 0.2) is 0 Å². The van der Waals surface area contributed by atoms with E-state index in [2.05, 4.69) is 15.9 Å². The van der Waals surface area contributed by atoms with Gasteiger partial charge in [-0.1, -0.05) is 22.0 Å². The van der Waals surface area contributed by atoms with E-state index >= 15 is 0 Å². The molecule has 0 radical (unpaired) electrons. The van der Waals surface area contributed by atoms with Crippen LogP contribution in [0.2, 0.25) is 0 Å². The average Bonchev–Trinajstić information content (AvgIpc) is 2.18. The zero-order chi connectivity index (χ0) is 10.4. The molecule has 14 heavy (non-hydrogen) atoms. The first kappa shape index (κ1) is 11.0. The fourth-order valence-electron chi connectivity index (χ4n) is 0.970. The molecule has 4 heteroatoms. The Hall–Kier alpha value is -1.08. The van der Waals surface area contributed by atoms with Crippen LogP contribution in [0.5, 0.6) is 5.75 Å². The second kappa shape index (κ2) is 5.61. The van der Waals surface area contributed by atoms with Gasteiger partial charge in [-0.3, -0.25) is 0 Å². The molecule has 0 atom stereocenters. The van der Waals surface area contributed by atoms with Gasteiger partial charge in [0.25, 0.3) is 0 Å². The molecular weight excluding hydrogens is 249 g/mol. The van der Waals surface area contributed by atoms with Crippen molar-refractivity contribution in [2.45, 2.75) is 6.42 Å². The van der Waals surface area contributed by atoms with Gasteiger partial charge in [0.2, 0.25) is 0 Å². The van der Waals surface area contributed by atoms with E-state index in [1.54, 1.807) is 12.1 Å². The highest BCUT2D eigenvalue weighted by Crippen LogP contribution is 2.20. The van der Waals surface area contributed by atoms with E-state index in [9.17, 15) is 4.39 Å². The van der Waals surface area contributed by atoms with Crippen molar-refractivity contribution in [3.63, 3.8) is 0 Å². The maximum atomic E-state index is 13.0. The summed E-state index contributed by atoms with van der Waals surface area (Å²) in [6.45, 7) is 0.476. The highest BCUT2D eigenvalue weighted by molar-refractivity contribution is 9.09. The molecule has 0 N–H and O–H groups in total. The fourth-order valence-corrected chi connectivity index (χ4v) is 1.20. The molecule has 0 unspecified atom stereocenters. The molecule has 1 aromatic carbocycles. The molecule has 0 aromatic heterocycles. The Labute approximate surface area is 90.4 Å². The molecule has 0 saturated carbocycles. The zero-order valence-corrected chi connectivity index (χ0v) is 9.05. The van der Waals surface area contributed by atoms with Crippen LogP contribution in [0.3, 0.4) is 0 Å². The maximum absolute atomic E-state index is 13.0. The molecule has 0 heterocycles. The molecule has 0 aliphatic rings. The van der Waals surface area contributed by atoms with E-state index in [1.165, 1.54) is 12.1 Å². The molecule has 0 bridgehead atoms. The molecule has 0 spiro atoms. The minimum Gasteiger partial charge on any atom is -0.492 e. The number of nitrogens with zero attached hydrogens (tertiary/aromatic N) is 1. The first-order chi connectivity index (χ1) is 6.79. The lowest BCUT2D eigenvalue weighted by atomic mass is 10.2. The Morgan fingerprint density at radius 2 is 2.29 bits per heavy atom. The van der Waals surface area contributed by atoms with Crippen molar-refractivity contribution in [1.29, 1.82) is 5.26 Å². The zero-order valence-electron chi connectivity index (χ0n) is 7.46. The van der Waals surface area contributed by atoms with E-state index in [-0.39, 0.29) is 5.56 Å². The molecule has 1 rings (SSSR count). The van der Waals surface area contributed by atoms with Crippen LogP contribution in [-0.2, 0) is 0 Å². The topological polar surface area (TPSA) is 33.0 Å². The van der Waals surface area contributed by atoms with E-state index in [0.717, 1.165) is 11.8 Å². The highest BCUT2D eigenvalue weighted by Gasteiger charge is 2.07. The second-order valence-electron chi connectivity index (χ2n) is 2.62. The van der Waals surface area contributed by atoms with Gasteiger partial charge in [-0.2, -0.15) is 5.26 Å². The quantitative estimate of drug-likeness (QED) is 0.614. The van der Waals surface area contributed by atoms with Crippen LogP contribution in [0.25, 0.3) is 0 Å². The van der Waals surface area contributed by atoms with Crippen molar-refractivity contribution in [1.82, 2.24) is 0 Å². The van der Waals surface area contributed by atoms with Gasteiger partial charge in [0, 0.05) is 5.33 Å². The van der Waals surface area contributed by atoms with Gasteiger partial charge in [-0.25, -0.2) is 4.39 Å². The Bertz CT molecular complexity index is 348. The molecule has 1 aromatic rings. The van der Waals surface area contributed by atoms with Crippen molar-refractivity contribution in [2.75, 3.05) is 11.9 Å². The van der Waals surface area contributed by atoms with Gasteiger partial charge in [-0.15, -0.1) is 0 Å². The summed E-state index contributed by atoms with van der Waals surface area (Å²) in [5, 5.41) is 9.50. The maximum Gasteiger partial charge on any atom is 0.144 e. The van der Waals surface area contributed by atoms with Gasteiger partial charge < -0.3 is 4.74 Å². The number of ether oxygens (including phenoxy) is 1. The molecule has 0 aliphatic heterocycles. The molecule has 0 saturated heterocycles. The molecule has 74 valence electrons. The summed E-state index contributed by atoms with van der Waals surface area (Å²) in [7, 11) is 0. The second-order valence-corrected chi connectivity index (χ2v) is 3.41. The summed E-state index contributed by atoms with van der Waals surface area (Å²) >= 11 is 3.25. The summed E-state index contributed by atoms with van der Waals surface area (Å²) in [5.41, 5.74) is -0.0259. The summed E-state index contributed by atoms with van der Waals surface area (Å²) < 4.78 is 18.3. The van der Waals surface area contributed by atoms with Crippen LogP contribution in [-0.4, -0.2) is 11.9 Å². The largest absolute Gasteiger partial charge is 0.492 e. The minimum atomic E-state index is -0.538. The van der Waals surface area contributed by atoms with Crippen LogP contribution in [0.1, 0.15) is 12.0 Å². The van der Waals surface area contributed by atoms with E-state index < -0.39 is 5.82 Å². The van der Waals surface area contributed by atoms with E-state index in [4.69, 9.17) is 10.00 Å². The van der Waals surface area contributed by atoms with Crippen molar-refractivity contribution in [2.24, 2.45) is 0 Å². The normalized spacial score (nSPS) is 9.50. The smallest absolute Gasteiger partial charge is 0.144 e. The molecule has 0 fully saturated rings. The monoisotopic (exact) mass is 257 g/mol. The fraction of sp³-hybridized carbons (Fsp3) is 0.300. The van der Waals surface area contributed by atoms with E-state index in [0.29, 0.717) is 12.4 Å². The molecular formula is C10H9BrFNO. The van der Waals surface area contributed by atoms with Crippen LogP contribution >= 0.6 is 15.9 Å². The van der Waals surface area contributed by atoms with Crippen LogP contribution in [0, 0.1) is 17.1 Å². The number of hydrogen-bond acceptors (Lipinski definition) is 2. The number of rotatable bonds is 4. The Morgan fingerprint density at radius 3 is 2.93 bits per heavy atom. The van der Waals surface area contributed by atoms with Crippen molar-refractivity contribution < 1.29 is 9.13 Å². The number of nitriles is 1. The highest BCUT2D eigenvalue weighted by atomic mass is 79.9. The van der Waals surface area contributed by atoms with Crippen LogP contribution < -0.4 is 4.74 Å². The molecule has 0 aliphatic carbocycles. The number of alkyl halides is 1. The Balaban J connectivity index is 2.76. The minimum absolute atomic E-state index is 0.0259. The lowest BCUT2D eigenvalue weighted by Crippen LogP contribution is -2.00. The number of halogens is 2. The van der Waals surface area contributed by atoms with Gasteiger partial charge in [0.1, 0.15) is 23.2 Å². The van der Waals surface area contributed by atoms with Gasteiger partial charge in [-0.05, 0) is 18.6 Å². The Morgan fingerprint density at radius 1 is 1.50 bits per heavy atom. The predicted octanol–water partition coefficient (Wildman–Crippen LogP) is 2.86. The van der Waals surface area contributed by atoms with Crippen molar-refractivity contribution in [3.8, 4) is 11.8 Å². The summed E-state index contributed by atoms with van der Waals surface area (Å²) in [4.78, 5) is 0. The number of hydrogen-bond donors (Lipinski definition) is 0. The number of benzene rings is 1. The van der Waals surface area contributed by atoms with Gasteiger partial charge in [0.05, 0.1) is 6.61 Å². The van der Waals surface area contributed by atoms with E-state index in [1.807, 2.05) is 0 Å². The third-order valence-corrected chi connectivity index (χ3v) is 2.18. The lowest BCUT2D eigenvalue weighted by molar-refractivity contribution is 0.316. The van der Waals surface area contributed by atoms with Gasteiger partial charge >= 0.3 is 0 Å². The molecule has 2 nitrogen and oxygen atoms in total. The molecule has 0 amide bonds. The standard InChI is InChI=1S/C10H9BrFNO/c11-5-2-6-14-10-4-1-3-9(12)8(10)7-13/h1,3-4H,2,5-6H2. The Kier molecular flexibility index (Phi) is 4.41. The lowest BCUT2D eigenvalue weighted by Gasteiger charge is -2.06. The summed E-state index contributed by atoms with van der Waals surface area (Å²) in [6.07, 6.45) is 0.821. The first-order valence-corrected chi connectivity index (χ1v) is 5.29. The average molecular weight is 258 g/mol. The summed E-state index contributed by atoms with van der Waals surface area (Å²) in [6, 6.07) is 6.15. The first-order valence-electron chi connectivity index (χ1n) is 4.17. The van der Waals surface area contributed by atoms with Crippen molar-refractivity contribution in [3.05, 3.63) is 29.6 Å². The van der Waals surface area contributed by atoms with Crippen LogP contribution in [0.4, 0.5) is 4.39 Å². The van der Waals surface area contributed by atoms with Crippen molar-refractivity contribution >= 4 is 15.9 Å². The summed E-state index contributed by atoms with van der Waals surface area (Å²) in [5.74, 6) is -0.225. The third kappa shape index (κ3) is 2.71. The SMILES string of the molecule is N#Cc1c(F)cccc1OCCCBr.